The number of carbonyl (C=O) groups excluding carboxylic acids is 1. The number of hydrogen-bond acceptors (Lipinski definition) is 5. The van der Waals surface area contributed by atoms with Crippen molar-refractivity contribution in [3.8, 4) is 0 Å². The molecule has 1 aromatic heterocycles. The van der Waals surface area contributed by atoms with E-state index < -0.39 is 5.97 Å². The lowest BCUT2D eigenvalue weighted by molar-refractivity contribution is -0.0302. The van der Waals surface area contributed by atoms with Crippen LogP contribution < -0.4 is 0 Å². The van der Waals surface area contributed by atoms with Gasteiger partial charge >= 0.3 is 5.97 Å². The average molecular weight is 236 g/mol. The third-order valence-electron chi connectivity index (χ3n) is 2.66. The standard InChI is InChI=1S/C12H16N2O3/c1-9-6-14-11(7-13-9)12(15)17-8-10-4-2-3-5-16-10/h6-7,10H,2-5,8H2,1H3. The third-order valence-corrected chi connectivity index (χ3v) is 2.66. The van der Waals surface area contributed by atoms with E-state index in [1.165, 1.54) is 6.20 Å². The topological polar surface area (TPSA) is 61.3 Å². The zero-order valence-corrected chi connectivity index (χ0v) is 9.89. The number of rotatable bonds is 3. The van der Waals surface area contributed by atoms with Crippen molar-refractivity contribution in [2.24, 2.45) is 0 Å². The summed E-state index contributed by atoms with van der Waals surface area (Å²) < 4.78 is 10.6. The Hall–Kier alpha value is -1.49. The molecular weight excluding hydrogens is 220 g/mol. The van der Waals surface area contributed by atoms with E-state index in [4.69, 9.17) is 9.47 Å². The highest BCUT2D eigenvalue weighted by molar-refractivity contribution is 5.86. The molecule has 92 valence electrons. The highest BCUT2D eigenvalue weighted by Gasteiger charge is 2.17. The number of aryl methyl sites for hydroxylation is 1. The SMILES string of the molecule is Cc1cnc(C(=O)OCC2CCCCO2)cn1. The molecule has 0 amide bonds. The van der Waals surface area contributed by atoms with Crippen molar-refractivity contribution < 1.29 is 14.3 Å². The van der Waals surface area contributed by atoms with E-state index in [0.29, 0.717) is 6.61 Å². The Balaban J connectivity index is 1.82. The molecule has 5 heteroatoms. The molecule has 1 atom stereocenters. The minimum atomic E-state index is -0.438. The predicted molar refractivity (Wildman–Crippen MR) is 60.6 cm³/mol. The van der Waals surface area contributed by atoms with Crippen LogP contribution in [0.25, 0.3) is 0 Å². The normalized spacial score (nSPS) is 19.9. The van der Waals surface area contributed by atoms with Crippen molar-refractivity contribution in [3.05, 3.63) is 23.8 Å². The molecular formula is C12H16N2O3. The van der Waals surface area contributed by atoms with Crippen molar-refractivity contribution in [2.45, 2.75) is 32.3 Å². The molecule has 0 bridgehead atoms. The third kappa shape index (κ3) is 3.49. The lowest BCUT2D eigenvalue weighted by Crippen LogP contribution is -2.26. The van der Waals surface area contributed by atoms with Crippen LogP contribution in [0.3, 0.4) is 0 Å². The molecule has 1 aliphatic rings. The Labute approximate surface area is 100 Å². The maximum atomic E-state index is 11.6. The largest absolute Gasteiger partial charge is 0.458 e. The van der Waals surface area contributed by atoms with Crippen LogP contribution >= 0.6 is 0 Å². The second-order valence-electron chi connectivity index (χ2n) is 4.13. The molecule has 0 aliphatic carbocycles. The van der Waals surface area contributed by atoms with Crippen molar-refractivity contribution in [1.29, 1.82) is 0 Å². The first-order chi connectivity index (χ1) is 8.25. The number of hydrogen-bond donors (Lipinski definition) is 0. The van der Waals surface area contributed by atoms with Crippen LogP contribution in [0, 0.1) is 6.92 Å². The van der Waals surface area contributed by atoms with Crippen molar-refractivity contribution in [3.63, 3.8) is 0 Å². The molecule has 0 aromatic carbocycles. The molecule has 5 nitrogen and oxygen atoms in total. The maximum Gasteiger partial charge on any atom is 0.358 e. The Bertz CT molecular complexity index is 372. The van der Waals surface area contributed by atoms with Crippen LogP contribution in [0.1, 0.15) is 35.4 Å². The molecule has 0 radical (unpaired) electrons. The fraction of sp³-hybridized carbons (Fsp3) is 0.583. The predicted octanol–water partition coefficient (Wildman–Crippen LogP) is 1.51. The summed E-state index contributed by atoms with van der Waals surface area (Å²) in [7, 11) is 0. The van der Waals surface area contributed by atoms with Crippen molar-refractivity contribution in [1.82, 2.24) is 9.97 Å². The quantitative estimate of drug-likeness (QED) is 0.744. The summed E-state index contributed by atoms with van der Waals surface area (Å²) in [6.45, 7) is 2.87. The molecule has 0 saturated carbocycles. The van der Waals surface area contributed by atoms with Gasteiger partial charge in [0.05, 0.1) is 18.0 Å². The number of nitrogens with zero attached hydrogens (tertiary/aromatic N) is 2. The monoisotopic (exact) mass is 236 g/mol. The van der Waals surface area contributed by atoms with Gasteiger partial charge in [0.2, 0.25) is 0 Å². The van der Waals surface area contributed by atoms with Crippen LogP contribution in [0.5, 0.6) is 0 Å². The van der Waals surface area contributed by atoms with Crippen molar-refractivity contribution in [2.75, 3.05) is 13.2 Å². The zero-order chi connectivity index (χ0) is 12.1. The summed E-state index contributed by atoms with van der Waals surface area (Å²) in [6.07, 6.45) is 6.19. The van der Waals surface area contributed by atoms with Crippen LogP contribution in [-0.4, -0.2) is 35.3 Å². The van der Waals surface area contributed by atoms with E-state index >= 15 is 0 Å². The number of ether oxygens (including phenoxy) is 2. The van der Waals surface area contributed by atoms with Gasteiger partial charge < -0.3 is 9.47 Å². The Morgan fingerprint density at radius 1 is 1.47 bits per heavy atom. The molecule has 0 N–H and O–H groups in total. The van der Waals surface area contributed by atoms with Gasteiger partial charge in [-0.05, 0) is 26.2 Å². The van der Waals surface area contributed by atoms with E-state index in [1.54, 1.807) is 6.20 Å². The summed E-state index contributed by atoms with van der Waals surface area (Å²) in [6, 6.07) is 0. The maximum absolute atomic E-state index is 11.6. The van der Waals surface area contributed by atoms with Crippen LogP contribution in [0.2, 0.25) is 0 Å². The Kier molecular flexibility index (Phi) is 4.03. The van der Waals surface area contributed by atoms with Gasteiger partial charge in [-0.2, -0.15) is 0 Å². The summed E-state index contributed by atoms with van der Waals surface area (Å²) >= 11 is 0. The summed E-state index contributed by atoms with van der Waals surface area (Å²) in [5.74, 6) is -0.438. The molecule has 1 unspecified atom stereocenters. The minimum absolute atomic E-state index is 0.0334. The first-order valence-corrected chi connectivity index (χ1v) is 5.83. The van der Waals surface area contributed by atoms with Gasteiger partial charge in [-0.1, -0.05) is 0 Å². The van der Waals surface area contributed by atoms with Gasteiger partial charge in [0.25, 0.3) is 0 Å². The lowest BCUT2D eigenvalue weighted by Gasteiger charge is -2.21. The van der Waals surface area contributed by atoms with Crippen molar-refractivity contribution >= 4 is 5.97 Å². The molecule has 1 aromatic rings. The summed E-state index contributed by atoms with van der Waals surface area (Å²) in [4.78, 5) is 19.6. The van der Waals surface area contributed by atoms with E-state index in [9.17, 15) is 4.79 Å². The fourth-order valence-corrected chi connectivity index (χ4v) is 1.68. The van der Waals surface area contributed by atoms with E-state index in [-0.39, 0.29) is 11.8 Å². The lowest BCUT2D eigenvalue weighted by atomic mass is 10.1. The van der Waals surface area contributed by atoms with Crippen LogP contribution in [0.4, 0.5) is 0 Å². The molecule has 2 rings (SSSR count). The fourth-order valence-electron chi connectivity index (χ4n) is 1.68. The first kappa shape index (κ1) is 12.0. The highest BCUT2D eigenvalue weighted by atomic mass is 16.6. The zero-order valence-electron chi connectivity index (χ0n) is 9.89. The summed E-state index contributed by atoms with van der Waals surface area (Å²) in [5, 5.41) is 0. The number of aromatic nitrogens is 2. The first-order valence-electron chi connectivity index (χ1n) is 5.83. The van der Waals surface area contributed by atoms with E-state index in [1.807, 2.05) is 6.92 Å². The summed E-state index contributed by atoms with van der Waals surface area (Å²) in [5.41, 5.74) is 1.02. The van der Waals surface area contributed by atoms with Gasteiger partial charge in [-0.25, -0.2) is 9.78 Å². The molecule has 1 saturated heterocycles. The molecule has 2 heterocycles. The van der Waals surface area contributed by atoms with Gasteiger partial charge in [0.15, 0.2) is 5.69 Å². The van der Waals surface area contributed by atoms with Gasteiger partial charge in [-0.3, -0.25) is 4.98 Å². The van der Waals surface area contributed by atoms with Crippen LogP contribution in [-0.2, 0) is 9.47 Å². The van der Waals surface area contributed by atoms with Crippen LogP contribution in [0.15, 0.2) is 12.4 Å². The molecule has 0 spiro atoms. The van der Waals surface area contributed by atoms with Gasteiger partial charge in [0, 0.05) is 12.8 Å². The van der Waals surface area contributed by atoms with E-state index in [2.05, 4.69) is 9.97 Å². The smallest absolute Gasteiger partial charge is 0.358 e. The molecule has 1 fully saturated rings. The molecule has 17 heavy (non-hydrogen) atoms. The number of carbonyl (C=O) groups is 1. The average Bonchev–Trinajstić information content (AvgIpc) is 2.38. The highest BCUT2D eigenvalue weighted by Crippen LogP contribution is 2.13. The second-order valence-corrected chi connectivity index (χ2v) is 4.13. The second kappa shape index (κ2) is 5.72. The Morgan fingerprint density at radius 3 is 3.00 bits per heavy atom. The molecule has 1 aliphatic heterocycles. The number of esters is 1. The Morgan fingerprint density at radius 2 is 2.35 bits per heavy atom. The van der Waals surface area contributed by atoms with E-state index in [0.717, 1.165) is 31.6 Å². The van der Waals surface area contributed by atoms with Gasteiger partial charge in [0.1, 0.15) is 6.61 Å². The minimum Gasteiger partial charge on any atom is -0.458 e. The van der Waals surface area contributed by atoms with Gasteiger partial charge in [-0.15, -0.1) is 0 Å².